The van der Waals surface area contributed by atoms with Crippen molar-refractivity contribution < 1.29 is 19.7 Å². The number of carbonyl (C=O) groups excluding carboxylic acids is 1. The minimum atomic E-state index is -0.318. The molecule has 0 aromatic rings. The monoisotopic (exact) mass is 233 g/mol. The van der Waals surface area contributed by atoms with E-state index in [0.717, 1.165) is 19.5 Å². The molecule has 0 amide bonds. The summed E-state index contributed by atoms with van der Waals surface area (Å²) in [5.41, 5.74) is -0.318. The number of carbonyl (C=O) groups is 1. The van der Waals surface area contributed by atoms with E-state index < -0.39 is 0 Å². The van der Waals surface area contributed by atoms with E-state index in [4.69, 9.17) is 10.2 Å². The summed E-state index contributed by atoms with van der Waals surface area (Å²) in [7, 11) is 0. The van der Waals surface area contributed by atoms with Gasteiger partial charge < -0.3 is 20.3 Å². The van der Waals surface area contributed by atoms with E-state index in [2.05, 4.69) is 10.1 Å². The molecule has 2 unspecified atom stereocenters. The molecule has 0 radical (unpaired) electrons. The highest BCUT2D eigenvalue weighted by atomic mass is 16.5. The van der Waals surface area contributed by atoms with Crippen molar-refractivity contribution >= 4 is 6.47 Å². The van der Waals surface area contributed by atoms with Gasteiger partial charge in [-0.15, -0.1) is 0 Å². The maximum absolute atomic E-state index is 9.60. The van der Waals surface area contributed by atoms with E-state index in [0.29, 0.717) is 6.47 Å². The minimum absolute atomic E-state index is 0.0544. The van der Waals surface area contributed by atoms with Gasteiger partial charge in [0.1, 0.15) is 5.60 Å². The largest absolute Gasteiger partial charge is 0.462 e. The summed E-state index contributed by atoms with van der Waals surface area (Å²) < 4.78 is 4.55. The normalized spacial score (nSPS) is 25.3. The Balaban J connectivity index is 0.000000293. The first-order valence-electron chi connectivity index (χ1n) is 5.52. The van der Waals surface area contributed by atoms with E-state index in [1.165, 1.54) is 0 Å². The van der Waals surface area contributed by atoms with Crippen molar-refractivity contribution in [2.24, 2.45) is 5.92 Å². The fraction of sp³-hybridized carbons (Fsp3) is 0.909. The first-order valence-corrected chi connectivity index (χ1v) is 5.52. The molecule has 1 heterocycles. The van der Waals surface area contributed by atoms with Crippen LogP contribution in [0.4, 0.5) is 0 Å². The second-order valence-corrected chi connectivity index (χ2v) is 4.83. The van der Waals surface area contributed by atoms with E-state index in [1.807, 2.05) is 20.8 Å². The average molecular weight is 233 g/mol. The van der Waals surface area contributed by atoms with Crippen LogP contribution < -0.4 is 5.32 Å². The minimum Gasteiger partial charge on any atom is -0.462 e. The standard InChI is InChI=1S/C6H13NO2.C5H10O2/c8-4-5-3-7-2-1-6(5)9;1-5(2,3)7-4-6/h5-9H,1-4H2;4H,1-3H3. The van der Waals surface area contributed by atoms with E-state index >= 15 is 0 Å². The van der Waals surface area contributed by atoms with Gasteiger partial charge in [0, 0.05) is 19.1 Å². The lowest BCUT2D eigenvalue weighted by atomic mass is 9.97. The highest BCUT2D eigenvalue weighted by Crippen LogP contribution is 2.09. The third-order valence-electron chi connectivity index (χ3n) is 2.20. The van der Waals surface area contributed by atoms with E-state index in [-0.39, 0.29) is 24.2 Å². The van der Waals surface area contributed by atoms with Gasteiger partial charge in [0.2, 0.25) is 0 Å². The van der Waals surface area contributed by atoms with Crippen molar-refractivity contribution in [3.8, 4) is 0 Å². The number of ether oxygens (including phenoxy) is 1. The zero-order chi connectivity index (χ0) is 12.6. The van der Waals surface area contributed by atoms with Crippen LogP contribution in [0.15, 0.2) is 0 Å². The highest BCUT2D eigenvalue weighted by Gasteiger charge is 2.21. The lowest BCUT2D eigenvalue weighted by Gasteiger charge is -2.26. The molecule has 0 aliphatic carbocycles. The Morgan fingerprint density at radius 1 is 1.50 bits per heavy atom. The number of piperidine rings is 1. The van der Waals surface area contributed by atoms with Crippen LogP contribution in [-0.2, 0) is 9.53 Å². The predicted octanol–water partition coefficient (Wildman–Crippen LogP) is -0.0930. The lowest BCUT2D eigenvalue weighted by Crippen LogP contribution is -2.41. The van der Waals surface area contributed by atoms with Crippen LogP contribution in [-0.4, -0.2) is 48.1 Å². The van der Waals surface area contributed by atoms with Gasteiger partial charge in [-0.1, -0.05) is 0 Å². The van der Waals surface area contributed by atoms with Crippen LogP contribution in [0.3, 0.4) is 0 Å². The van der Waals surface area contributed by atoms with Gasteiger partial charge in [-0.25, -0.2) is 0 Å². The van der Waals surface area contributed by atoms with Gasteiger partial charge in [0.15, 0.2) is 0 Å². The molecule has 16 heavy (non-hydrogen) atoms. The fourth-order valence-corrected chi connectivity index (χ4v) is 1.24. The molecule has 1 aliphatic rings. The Morgan fingerprint density at radius 2 is 2.12 bits per heavy atom. The van der Waals surface area contributed by atoms with Crippen LogP contribution >= 0.6 is 0 Å². The molecule has 1 aliphatic heterocycles. The molecular weight excluding hydrogens is 210 g/mol. The van der Waals surface area contributed by atoms with Crippen LogP contribution in [0, 0.1) is 5.92 Å². The van der Waals surface area contributed by atoms with Gasteiger partial charge in [0.05, 0.1) is 6.10 Å². The van der Waals surface area contributed by atoms with Gasteiger partial charge in [-0.2, -0.15) is 0 Å². The zero-order valence-electron chi connectivity index (χ0n) is 10.3. The summed E-state index contributed by atoms with van der Waals surface area (Å²) in [6.45, 7) is 7.63. The molecule has 1 fully saturated rings. The SMILES string of the molecule is CC(C)(C)OC=O.OCC1CNCCC1O. The summed E-state index contributed by atoms with van der Waals surface area (Å²) in [6, 6.07) is 0. The van der Waals surface area contributed by atoms with Crippen molar-refractivity contribution in [2.75, 3.05) is 19.7 Å². The summed E-state index contributed by atoms with van der Waals surface area (Å²) in [6.07, 6.45) is 0.474. The number of aliphatic hydroxyl groups excluding tert-OH is 2. The third kappa shape index (κ3) is 7.62. The molecule has 0 spiro atoms. The van der Waals surface area contributed by atoms with Crippen molar-refractivity contribution in [1.29, 1.82) is 0 Å². The number of hydrogen-bond acceptors (Lipinski definition) is 5. The van der Waals surface area contributed by atoms with Crippen molar-refractivity contribution in [3.63, 3.8) is 0 Å². The smallest absolute Gasteiger partial charge is 0.293 e. The first kappa shape index (κ1) is 15.3. The number of aliphatic hydroxyl groups is 2. The predicted molar refractivity (Wildman–Crippen MR) is 61.0 cm³/mol. The van der Waals surface area contributed by atoms with Gasteiger partial charge in [-0.3, -0.25) is 4.79 Å². The van der Waals surface area contributed by atoms with Crippen LogP contribution in [0.2, 0.25) is 0 Å². The van der Waals surface area contributed by atoms with Crippen molar-refractivity contribution in [2.45, 2.75) is 38.9 Å². The van der Waals surface area contributed by atoms with Crippen molar-refractivity contribution in [1.82, 2.24) is 5.32 Å². The molecule has 0 saturated carbocycles. The Hall–Kier alpha value is -0.650. The van der Waals surface area contributed by atoms with Crippen LogP contribution in [0.1, 0.15) is 27.2 Å². The first-order chi connectivity index (χ1) is 7.40. The molecule has 2 atom stereocenters. The number of rotatable bonds is 2. The van der Waals surface area contributed by atoms with Crippen LogP contribution in [0.25, 0.3) is 0 Å². The fourth-order valence-electron chi connectivity index (χ4n) is 1.24. The summed E-state index contributed by atoms with van der Waals surface area (Å²) in [5, 5.41) is 20.9. The molecule has 1 saturated heterocycles. The molecular formula is C11H23NO4. The number of nitrogens with one attached hydrogen (secondary N) is 1. The van der Waals surface area contributed by atoms with Crippen molar-refractivity contribution in [3.05, 3.63) is 0 Å². The van der Waals surface area contributed by atoms with Gasteiger partial charge >= 0.3 is 0 Å². The van der Waals surface area contributed by atoms with E-state index in [9.17, 15) is 4.79 Å². The Bertz CT molecular complexity index is 191. The summed E-state index contributed by atoms with van der Waals surface area (Å²) in [5.74, 6) is 0.0544. The Labute approximate surface area is 96.8 Å². The van der Waals surface area contributed by atoms with Gasteiger partial charge in [0.25, 0.3) is 6.47 Å². The third-order valence-corrected chi connectivity index (χ3v) is 2.20. The average Bonchev–Trinajstić information content (AvgIpc) is 2.17. The molecule has 5 nitrogen and oxygen atoms in total. The molecule has 1 rings (SSSR count). The quantitative estimate of drug-likeness (QED) is 0.581. The molecule has 0 aromatic carbocycles. The summed E-state index contributed by atoms with van der Waals surface area (Å²) >= 11 is 0. The topological polar surface area (TPSA) is 78.8 Å². The van der Waals surface area contributed by atoms with Gasteiger partial charge in [-0.05, 0) is 33.7 Å². The zero-order valence-corrected chi connectivity index (χ0v) is 10.3. The lowest BCUT2D eigenvalue weighted by molar-refractivity contribution is -0.138. The molecule has 3 N–H and O–H groups in total. The maximum atomic E-state index is 9.60. The highest BCUT2D eigenvalue weighted by molar-refractivity contribution is 5.37. The molecule has 0 aromatic heterocycles. The van der Waals surface area contributed by atoms with Crippen LogP contribution in [0.5, 0.6) is 0 Å². The number of hydrogen-bond donors (Lipinski definition) is 3. The second kappa shape index (κ2) is 7.60. The second-order valence-electron chi connectivity index (χ2n) is 4.83. The Kier molecular flexibility index (Phi) is 7.29. The maximum Gasteiger partial charge on any atom is 0.293 e. The van der Waals surface area contributed by atoms with E-state index in [1.54, 1.807) is 0 Å². The molecule has 0 bridgehead atoms. The Morgan fingerprint density at radius 3 is 2.38 bits per heavy atom. The summed E-state index contributed by atoms with van der Waals surface area (Å²) in [4.78, 5) is 9.60. The molecule has 96 valence electrons. The molecule has 5 heteroatoms.